The summed E-state index contributed by atoms with van der Waals surface area (Å²) in [5.74, 6) is 2.04. The maximum atomic E-state index is 12.6. The maximum absolute atomic E-state index is 12.6. The Morgan fingerprint density at radius 2 is 1.62 bits per heavy atom. The zero-order valence-electron chi connectivity index (χ0n) is 17.2. The molecule has 0 radical (unpaired) electrons. The van der Waals surface area contributed by atoms with Gasteiger partial charge >= 0.3 is 0 Å². The normalized spacial score (nSPS) is 14.6. The number of nitrogens with zero attached hydrogens (tertiary/aromatic N) is 1. The highest BCUT2D eigenvalue weighted by Crippen LogP contribution is 2.31. The number of benzene rings is 2. The Bertz CT molecular complexity index is 840. The fraction of sp³-hybridized carbons (Fsp3) is 0.391. The van der Waals surface area contributed by atoms with E-state index < -0.39 is 0 Å². The second kappa shape index (κ2) is 9.45. The molecule has 0 spiro atoms. The molecule has 1 heterocycles. The van der Waals surface area contributed by atoms with E-state index in [0.717, 1.165) is 5.69 Å². The van der Waals surface area contributed by atoms with E-state index in [-0.39, 0.29) is 23.7 Å². The van der Waals surface area contributed by atoms with E-state index in [9.17, 15) is 9.59 Å². The SMILES string of the molecule is COc1ccccc1Oc1ccc(NC(=O)C2CCN(C(=O)C(C)C)CC2)cc1. The van der Waals surface area contributed by atoms with Gasteiger partial charge in [-0.2, -0.15) is 0 Å². The van der Waals surface area contributed by atoms with E-state index >= 15 is 0 Å². The summed E-state index contributed by atoms with van der Waals surface area (Å²) in [5, 5.41) is 2.97. The van der Waals surface area contributed by atoms with Gasteiger partial charge in [0.15, 0.2) is 11.5 Å². The number of para-hydroxylation sites is 2. The number of rotatable bonds is 6. The molecule has 0 atom stereocenters. The fourth-order valence-electron chi connectivity index (χ4n) is 3.41. The third-order valence-electron chi connectivity index (χ3n) is 5.09. The van der Waals surface area contributed by atoms with Gasteiger partial charge in [0.25, 0.3) is 0 Å². The van der Waals surface area contributed by atoms with E-state index in [1.54, 1.807) is 7.11 Å². The van der Waals surface area contributed by atoms with Gasteiger partial charge in [0, 0.05) is 30.6 Å². The number of methoxy groups -OCH3 is 1. The molecule has 6 nitrogen and oxygen atoms in total. The molecular weight excluding hydrogens is 368 g/mol. The number of carbonyl (C=O) groups is 2. The van der Waals surface area contributed by atoms with Crippen molar-refractivity contribution in [1.82, 2.24) is 4.90 Å². The number of amides is 2. The lowest BCUT2D eigenvalue weighted by Gasteiger charge is -2.32. The first-order chi connectivity index (χ1) is 14.0. The van der Waals surface area contributed by atoms with Crippen LogP contribution in [0.2, 0.25) is 0 Å². The number of carbonyl (C=O) groups excluding carboxylic acids is 2. The highest BCUT2D eigenvalue weighted by Gasteiger charge is 2.28. The van der Waals surface area contributed by atoms with E-state index in [4.69, 9.17) is 9.47 Å². The van der Waals surface area contributed by atoms with Crippen LogP contribution in [0.4, 0.5) is 5.69 Å². The van der Waals surface area contributed by atoms with Crippen molar-refractivity contribution < 1.29 is 19.1 Å². The minimum Gasteiger partial charge on any atom is -0.493 e. The minimum absolute atomic E-state index is 0.0000397. The average Bonchev–Trinajstić information content (AvgIpc) is 2.75. The standard InChI is InChI=1S/C23H28N2O4/c1-16(2)23(27)25-14-12-17(13-15-25)22(26)24-18-8-10-19(11-9-18)29-21-7-5-4-6-20(21)28-3/h4-11,16-17H,12-15H2,1-3H3,(H,24,26). The Morgan fingerprint density at radius 3 is 2.21 bits per heavy atom. The summed E-state index contributed by atoms with van der Waals surface area (Å²) < 4.78 is 11.1. The maximum Gasteiger partial charge on any atom is 0.227 e. The Hall–Kier alpha value is -3.02. The molecule has 0 saturated carbocycles. The molecule has 0 aliphatic carbocycles. The summed E-state index contributed by atoms with van der Waals surface area (Å²) in [6.45, 7) is 5.09. The van der Waals surface area contributed by atoms with E-state index in [1.807, 2.05) is 67.3 Å². The van der Waals surface area contributed by atoms with Crippen LogP contribution in [0.5, 0.6) is 17.2 Å². The monoisotopic (exact) mass is 396 g/mol. The highest BCUT2D eigenvalue weighted by molar-refractivity contribution is 5.92. The van der Waals surface area contributed by atoms with Crippen molar-refractivity contribution in [3.63, 3.8) is 0 Å². The third kappa shape index (κ3) is 5.28. The molecule has 2 aromatic rings. The Labute approximate surface area is 171 Å². The molecular formula is C23H28N2O4. The summed E-state index contributed by atoms with van der Waals surface area (Å²) in [6, 6.07) is 14.7. The summed E-state index contributed by atoms with van der Waals surface area (Å²) in [5.41, 5.74) is 0.725. The third-order valence-corrected chi connectivity index (χ3v) is 5.09. The Kier molecular flexibility index (Phi) is 6.75. The minimum atomic E-state index is -0.0734. The zero-order chi connectivity index (χ0) is 20.8. The van der Waals surface area contributed by atoms with Crippen LogP contribution in [0, 0.1) is 11.8 Å². The molecule has 2 aromatic carbocycles. The van der Waals surface area contributed by atoms with Crippen molar-refractivity contribution in [2.45, 2.75) is 26.7 Å². The van der Waals surface area contributed by atoms with Crippen LogP contribution in [0.1, 0.15) is 26.7 Å². The first kappa shape index (κ1) is 20.7. The predicted octanol–water partition coefficient (Wildman–Crippen LogP) is 4.32. The molecule has 0 unspecified atom stereocenters. The van der Waals surface area contributed by atoms with Gasteiger partial charge in [-0.3, -0.25) is 9.59 Å². The van der Waals surface area contributed by atoms with E-state index in [0.29, 0.717) is 43.2 Å². The van der Waals surface area contributed by atoms with E-state index in [1.165, 1.54) is 0 Å². The number of ether oxygens (including phenoxy) is 2. The average molecular weight is 396 g/mol. The molecule has 1 fully saturated rings. The molecule has 1 saturated heterocycles. The number of likely N-dealkylation sites (tertiary alicyclic amines) is 1. The molecule has 3 rings (SSSR count). The Balaban J connectivity index is 1.53. The van der Waals surface area contributed by atoms with E-state index in [2.05, 4.69) is 5.32 Å². The van der Waals surface area contributed by atoms with Crippen molar-refractivity contribution in [3.8, 4) is 17.2 Å². The quantitative estimate of drug-likeness (QED) is 0.790. The molecule has 2 amide bonds. The van der Waals surface area contributed by atoms with Gasteiger partial charge in [-0.25, -0.2) is 0 Å². The highest BCUT2D eigenvalue weighted by atomic mass is 16.5. The largest absolute Gasteiger partial charge is 0.493 e. The van der Waals surface area contributed by atoms with Crippen molar-refractivity contribution in [2.24, 2.45) is 11.8 Å². The number of hydrogen-bond acceptors (Lipinski definition) is 4. The second-order valence-corrected chi connectivity index (χ2v) is 7.52. The molecule has 154 valence electrons. The number of anilines is 1. The van der Waals surface area contributed by atoms with Gasteiger partial charge in [-0.05, 0) is 49.2 Å². The van der Waals surface area contributed by atoms with Crippen molar-refractivity contribution >= 4 is 17.5 Å². The van der Waals surface area contributed by atoms with Gasteiger partial charge in [-0.1, -0.05) is 26.0 Å². The van der Waals surface area contributed by atoms with Crippen molar-refractivity contribution in [2.75, 3.05) is 25.5 Å². The van der Waals surface area contributed by atoms with Gasteiger partial charge in [0.2, 0.25) is 11.8 Å². The summed E-state index contributed by atoms with van der Waals surface area (Å²) in [7, 11) is 1.60. The van der Waals surface area contributed by atoms with Gasteiger partial charge < -0.3 is 19.7 Å². The van der Waals surface area contributed by atoms with Crippen molar-refractivity contribution in [1.29, 1.82) is 0 Å². The molecule has 1 aliphatic heterocycles. The van der Waals surface area contributed by atoms with Gasteiger partial charge in [-0.15, -0.1) is 0 Å². The molecule has 1 N–H and O–H groups in total. The van der Waals surface area contributed by atoms with Crippen LogP contribution >= 0.6 is 0 Å². The molecule has 6 heteroatoms. The number of hydrogen-bond donors (Lipinski definition) is 1. The molecule has 29 heavy (non-hydrogen) atoms. The van der Waals surface area contributed by atoms with Crippen LogP contribution in [-0.2, 0) is 9.59 Å². The molecule has 1 aliphatic rings. The summed E-state index contributed by atoms with van der Waals surface area (Å²) in [6.07, 6.45) is 1.39. The lowest BCUT2D eigenvalue weighted by Crippen LogP contribution is -2.43. The topological polar surface area (TPSA) is 67.9 Å². The Morgan fingerprint density at radius 1 is 1.00 bits per heavy atom. The van der Waals surface area contributed by atoms with Crippen LogP contribution in [0.25, 0.3) is 0 Å². The number of piperidine rings is 1. The zero-order valence-corrected chi connectivity index (χ0v) is 17.2. The molecule has 0 aromatic heterocycles. The van der Waals surface area contributed by atoms with Crippen molar-refractivity contribution in [3.05, 3.63) is 48.5 Å². The lowest BCUT2D eigenvalue weighted by atomic mass is 9.95. The second-order valence-electron chi connectivity index (χ2n) is 7.52. The molecule has 0 bridgehead atoms. The van der Waals surface area contributed by atoms with Gasteiger partial charge in [0.05, 0.1) is 7.11 Å². The number of nitrogens with one attached hydrogen (secondary N) is 1. The van der Waals surface area contributed by atoms with Crippen LogP contribution in [0.15, 0.2) is 48.5 Å². The van der Waals surface area contributed by atoms with Gasteiger partial charge in [0.1, 0.15) is 5.75 Å². The first-order valence-electron chi connectivity index (χ1n) is 9.98. The fourth-order valence-corrected chi connectivity index (χ4v) is 3.41. The predicted molar refractivity (Wildman–Crippen MR) is 112 cm³/mol. The lowest BCUT2D eigenvalue weighted by molar-refractivity contribution is -0.137. The smallest absolute Gasteiger partial charge is 0.227 e. The summed E-state index contributed by atoms with van der Waals surface area (Å²) >= 11 is 0. The van der Waals surface area contributed by atoms with Crippen LogP contribution in [-0.4, -0.2) is 36.9 Å². The van der Waals surface area contributed by atoms with Crippen LogP contribution in [0.3, 0.4) is 0 Å². The summed E-state index contributed by atoms with van der Waals surface area (Å²) in [4.78, 5) is 26.5. The first-order valence-corrected chi connectivity index (χ1v) is 9.98. The van der Waals surface area contributed by atoms with Crippen LogP contribution < -0.4 is 14.8 Å².